The van der Waals surface area contributed by atoms with Crippen LogP contribution in [0, 0.1) is 19.3 Å². The second-order valence-corrected chi connectivity index (χ2v) is 7.33. The molecule has 156 valence electrons. The van der Waals surface area contributed by atoms with Gasteiger partial charge < -0.3 is 19.9 Å². The summed E-state index contributed by atoms with van der Waals surface area (Å²) >= 11 is 0. The SMILES string of the molecule is CCNC(=NCC1(CCOCC)CCCC1)NCCc1c(C)noc1C.I. The van der Waals surface area contributed by atoms with E-state index in [9.17, 15) is 0 Å². The van der Waals surface area contributed by atoms with E-state index in [4.69, 9.17) is 14.3 Å². The summed E-state index contributed by atoms with van der Waals surface area (Å²) in [5.74, 6) is 1.81. The average molecular weight is 492 g/mol. The van der Waals surface area contributed by atoms with E-state index < -0.39 is 0 Å². The first kappa shape index (κ1) is 24.2. The number of aryl methyl sites for hydroxylation is 2. The van der Waals surface area contributed by atoms with Crippen LogP contribution in [0.2, 0.25) is 0 Å². The predicted molar refractivity (Wildman–Crippen MR) is 121 cm³/mol. The zero-order valence-electron chi connectivity index (χ0n) is 17.4. The zero-order chi connectivity index (χ0) is 18.8. The van der Waals surface area contributed by atoms with Crippen molar-refractivity contribution >= 4 is 29.9 Å². The van der Waals surface area contributed by atoms with Gasteiger partial charge in [-0.05, 0) is 58.8 Å². The Hall–Kier alpha value is -0.830. The van der Waals surface area contributed by atoms with E-state index in [0.717, 1.165) is 63.1 Å². The van der Waals surface area contributed by atoms with Crippen molar-refractivity contribution < 1.29 is 9.26 Å². The molecule has 1 heterocycles. The highest BCUT2D eigenvalue weighted by atomic mass is 127. The molecule has 0 amide bonds. The van der Waals surface area contributed by atoms with Crippen LogP contribution < -0.4 is 10.6 Å². The molecule has 0 atom stereocenters. The lowest BCUT2D eigenvalue weighted by Crippen LogP contribution is -2.39. The highest BCUT2D eigenvalue weighted by molar-refractivity contribution is 14.0. The van der Waals surface area contributed by atoms with Crippen molar-refractivity contribution in [3.8, 4) is 0 Å². The van der Waals surface area contributed by atoms with Crippen LogP contribution in [0.15, 0.2) is 9.52 Å². The third-order valence-corrected chi connectivity index (χ3v) is 5.41. The molecule has 1 saturated carbocycles. The van der Waals surface area contributed by atoms with Crippen LogP contribution in [-0.2, 0) is 11.2 Å². The molecule has 6 nitrogen and oxygen atoms in total. The Kier molecular flexibility index (Phi) is 11.3. The minimum absolute atomic E-state index is 0. The fourth-order valence-corrected chi connectivity index (χ4v) is 3.80. The first-order valence-corrected chi connectivity index (χ1v) is 10.1. The van der Waals surface area contributed by atoms with Gasteiger partial charge in [0, 0.05) is 38.4 Å². The molecule has 0 unspecified atom stereocenters. The second-order valence-electron chi connectivity index (χ2n) is 7.33. The molecule has 1 aromatic rings. The molecular formula is C20H37IN4O2. The van der Waals surface area contributed by atoms with Crippen LogP contribution in [0.4, 0.5) is 0 Å². The third-order valence-electron chi connectivity index (χ3n) is 5.41. The quantitative estimate of drug-likeness (QED) is 0.224. The van der Waals surface area contributed by atoms with Crippen molar-refractivity contribution in [2.75, 3.05) is 32.8 Å². The van der Waals surface area contributed by atoms with E-state index in [1.807, 2.05) is 13.8 Å². The van der Waals surface area contributed by atoms with E-state index in [1.54, 1.807) is 0 Å². The van der Waals surface area contributed by atoms with Crippen LogP contribution >= 0.6 is 24.0 Å². The van der Waals surface area contributed by atoms with Crippen molar-refractivity contribution in [3.63, 3.8) is 0 Å². The van der Waals surface area contributed by atoms with Crippen molar-refractivity contribution in [3.05, 3.63) is 17.0 Å². The molecule has 27 heavy (non-hydrogen) atoms. The lowest BCUT2D eigenvalue weighted by Gasteiger charge is -2.27. The maximum absolute atomic E-state index is 5.61. The Labute approximate surface area is 181 Å². The Morgan fingerprint density at radius 2 is 1.96 bits per heavy atom. The molecule has 1 aromatic heterocycles. The zero-order valence-corrected chi connectivity index (χ0v) is 19.7. The summed E-state index contributed by atoms with van der Waals surface area (Å²) in [7, 11) is 0. The number of aromatic nitrogens is 1. The number of aliphatic imine (C=N–C) groups is 1. The lowest BCUT2D eigenvalue weighted by atomic mass is 9.83. The van der Waals surface area contributed by atoms with Crippen LogP contribution in [0.3, 0.4) is 0 Å². The summed E-state index contributed by atoms with van der Waals surface area (Å²) < 4.78 is 10.8. The Bertz CT molecular complexity index is 549. The monoisotopic (exact) mass is 492 g/mol. The first-order valence-electron chi connectivity index (χ1n) is 10.1. The van der Waals surface area contributed by atoms with Gasteiger partial charge in [-0.3, -0.25) is 4.99 Å². The van der Waals surface area contributed by atoms with Crippen molar-refractivity contribution in [1.29, 1.82) is 0 Å². The molecule has 0 saturated heterocycles. The summed E-state index contributed by atoms with van der Waals surface area (Å²) in [6, 6.07) is 0. The predicted octanol–water partition coefficient (Wildman–Crippen LogP) is 3.99. The smallest absolute Gasteiger partial charge is 0.191 e. The minimum atomic E-state index is 0. The number of nitrogens with one attached hydrogen (secondary N) is 2. The highest BCUT2D eigenvalue weighted by Crippen LogP contribution is 2.41. The largest absolute Gasteiger partial charge is 0.382 e. The number of hydrogen-bond donors (Lipinski definition) is 2. The highest BCUT2D eigenvalue weighted by Gasteiger charge is 2.33. The summed E-state index contributed by atoms with van der Waals surface area (Å²) in [4.78, 5) is 4.91. The van der Waals surface area contributed by atoms with Crippen LogP contribution in [0.1, 0.15) is 63.0 Å². The molecule has 0 aromatic carbocycles. The van der Waals surface area contributed by atoms with E-state index in [0.29, 0.717) is 5.41 Å². The van der Waals surface area contributed by atoms with E-state index in [1.165, 1.54) is 31.2 Å². The fraction of sp³-hybridized carbons (Fsp3) is 0.800. The first-order chi connectivity index (χ1) is 12.6. The average Bonchev–Trinajstić information content (AvgIpc) is 3.22. The molecule has 2 N–H and O–H groups in total. The summed E-state index contributed by atoms with van der Waals surface area (Å²) in [6.45, 7) is 12.3. The summed E-state index contributed by atoms with van der Waals surface area (Å²) in [6.07, 6.45) is 7.17. The van der Waals surface area contributed by atoms with E-state index in [2.05, 4.69) is 29.6 Å². The number of ether oxygens (including phenoxy) is 1. The van der Waals surface area contributed by atoms with Crippen molar-refractivity contribution in [2.45, 2.75) is 66.2 Å². The molecule has 2 rings (SSSR count). The van der Waals surface area contributed by atoms with Gasteiger partial charge in [0.15, 0.2) is 5.96 Å². The normalized spacial score (nSPS) is 16.2. The van der Waals surface area contributed by atoms with Gasteiger partial charge in [0.05, 0.1) is 5.69 Å². The molecule has 1 fully saturated rings. The van der Waals surface area contributed by atoms with Crippen LogP contribution in [0.25, 0.3) is 0 Å². The molecule has 0 spiro atoms. The number of nitrogens with zero attached hydrogens (tertiary/aromatic N) is 2. The maximum Gasteiger partial charge on any atom is 0.191 e. The number of halogens is 1. The molecule has 0 radical (unpaired) electrons. The molecule has 0 aliphatic heterocycles. The van der Waals surface area contributed by atoms with Gasteiger partial charge in [-0.1, -0.05) is 18.0 Å². The molecule has 1 aliphatic rings. The van der Waals surface area contributed by atoms with Gasteiger partial charge in [-0.25, -0.2) is 0 Å². The molecule has 0 bridgehead atoms. The van der Waals surface area contributed by atoms with Crippen molar-refractivity contribution in [2.24, 2.45) is 10.4 Å². The Morgan fingerprint density at radius 1 is 1.22 bits per heavy atom. The van der Waals surface area contributed by atoms with Gasteiger partial charge in [0.25, 0.3) is 0 Å². The van der Waals surface area contributed by atoms with Gasteiger partial charge in [0.1, 0.15) is 5.76 Å². The van der Waals surface area contributed by atoms with Crippen LogP contribution in [-0.4, -0.2) is 44.0 Å². The lowest BCUT2D eigenvalue weighted by molar-refractivity contribution is 0.107. The molecule has 7 heteroatoms. The number of guanidine groups is 1. The fourth-order valence-electron chi connectivity index (χ4n) is 3.80. The topological polar surface area (TPSA) is 71.7 Å². The Balaban J connectivity index is 0.00000364. The molecular weight excluding hydrogens is 455 g/mol. The standard InChI is InChI=1S/C20H36N4O2.HI/c1-5-21-19(22-13-9-18-16(3)24-26-17(18)4)23-15-20(10-7-8-11-20)12-14-25-6-2;/h5-15H2,1-4H3,(H2,21,22,23);1H. The Morgan fingerprint density at radius 3 is 2.56 bits per heavy atom. The van der Waals surface area contributed by atoms with Crippen molar-refractivity contribution in [1.82, 2.24) is 15.8 Å². The number of rotatable bonds is 10. The van der Waals surface area contributed by atoms with Gasteiger partial charge in [0.2, 0.25) is 0 Å². The summed E-state index contributed by atoms with van der Waals surface area (Å²) in [5, 5.41) is 10.9. The van der Waals surface area contributed by atoms with Gasteiger partial charge in [-0.2, -0.15) is 0 Å². The van der Waals surface area contributed by atoms with E-state index in [-0.39, 0.29) is 24.0 Å². The van der Waals surface area contributed by atoms with Gasteiger partial charge in [-0.15, -0.1) is 24.0 Å². The minimum Gasteiger partial charge on any atom is -0.382 e. The third kappa shape index (κ3) is 7.60. The molecule has 1 aliphatic carbocycles. The summed E-state index contributed by atoms with van der Waals surface area (Å²) in [5.41, 5.74) is 2.49. The van der Waals surface area contributed by atoms with Gasteiger partial charge >= 0.3 is 0 Å². The van der Waals surface area contributed by atoms with E-state index >= 15 is 0 Å². The second kappa shape index (κ2) is 12.6. The maximum atomic E-state index is 5.61. The van der Waals surface area contributed by atoms with Crippen LogP contribution in [0.5, 0.6) is 0 Å². The number of hydrogen-bond acceptors (Lipinski definition) is 4.